The molecule has 1 N–H and O–H groups in total. The molecule has 0 saturated carbocycles. The van der Waals surface area contributed by atoms with Gasteiger partial charge in [-0.2, -0.15) is 0 Å². The lowest BCUT2D eigenvalue weighted by atomic mass is 9.85. The molecule has 2 rings (SSSR count). The smallest absolute Gasteiger partial charge is 0.0461 e. The maximum Gasteiger partial charge on any atom is 0.0461 e. The van der Waals surface area contributed by atoms with Crippen LogP contribution in [0, 0.1) is 48.9 Å². The highest BCUT2D eigenvalue weighted by Gasteiger charge is 2.20. The van der Waals surface area contributed by atoms with E-state index in [2.05, 4.69) is 137 Å². The van der Waals surface area contributed by atoms with Crippen LogP contribution in [0.4, 0.5) is 0 Å². The molecule has 2 unspecified atom stereocenters. The van der Waals surface area contributed by atoms with Gasteiger partial charge in [0.25, 0.3) is 0 Å². The van der Waals surface area contributed by atoms with E-state index in [9.17, 15) is 0 Å². The zero-order valence-corrected chi connectivity index (χ0v) is 31.9. The Morgan fingerprint density at radius 2 is 1.73 bits per heavy atom. The van der Waals surface area contributed by atoms with E-state index in [-0.39, 0.29) is 11.8 Å². The molecular weight excluding hydrogens is 579 g/mol. The van der Waals surface area contributed by atoms with Crippen molar-refractivity contribution in [2.45, 2.75) is 108 Å². The molecule has 2 atom stereocenters. The maximum atomic E-state index is 6.16. The lowest BCUT2D eigenvalue weighted by molar-refractivity contribution is 0.651. The van der Waals surface area contributed by atoms with Crippen LogP contribution in [-0.4, -0.2) is 4.98 Å². The van der Waals surface area contributed by atoms with Crippen LogP contribution in [0.1, 0.15) is 117 Å². The Kier molecular flexibility index (Phi) is 15.3. The van der Waals surface area contributed by atoms with Gasteiger partial charge in [-0.25, -0.2) is 0 Å². The molecule has 0 radical (unpaired) electrons. The normalized spacial score (nSPS) is 25.5. The maximum absolute atomic E-state index is 6.16. The first-order chi connectivity index (χ1) is 22.6. The highest BCUT2D eigenvalue weighted by molar-refractivity contribution is 5.71. The number of terminal acetylenes is 1. The Balaban J connectivity index is 2.95. The lowest BCUT2D eigenvalue weighted by Gasteiger charge is -2.20. The van der Waals surface area contributed by atoms with E-state index < -0.39 is 0 Å². The Morgan fingerprint density at radius 3 is 2.29 bits per heavy atom. The molecule has 0 spiro atoms. The third-order valence-electron chi connectivity index (χ3n) is 10.0. The lowest BCUT2D eigenvalue weighted by Crippen LogP contribution is -2.07. The van der Waals surface area contributed by atoms with Gasteiger partial charge in [0.15, 0.2) is 0 Å². The first-order valence-electron chi connectivity index (χ1n) is 17.6. The SMILES string of the molecule is C#C/C1=C(C)/C(C(C)C)=C/c2[nH]c(c(C)c2C=C)CC(C)/C(C)=C(/CCC)C(=C)/C=C(\C)C/C(CCC(=C)C=C)=C(/C)C(C)C#CC1=C. The van der Waals surface area contributed by atoms with Crippen molar-refractivity contribution in [2.24, 2.45) is 17.8 Å². The third kappa shape index (κ3) is 10.1. The predicted octanol–water partition coefficient (Wildman–Crippen LogP) is 13.2. The van der Waals surface area contributed by atoms with E-state index in [1.807, 2.05) is 12.2 Å². The molecular formula is C47H61N. The summed E-state index contributed by atoms with van der Waals surface area (Å²) in [5.41, 5.74) is 17.2. The minimum atomic E-state index is 0.0346. The van der Waals surface area contributed by atoms with Crippen molar-refractivity contribution < 1.29 is 0 Å². The van der Waals surface area contributed by atoms with Gasteiger partial charge < -0.3 is 4.98 Å². The first kappa shape index (κ1) is 40.0. The number of aromatic amines is 1. The molecule has 2 bridgehead atoms. The van der Waals surface area contributed by atoms with Crippen molar-refractivity contribution in [2.75, 3.05) is 0 Å². The number of aromatic nitrogens is 1. The zero-order chi connectivity index (χ0) is 36.3. The predicted molar refractivity (Wildman–Crippen MR) is 215 cm³/mol. The average Bonchev–Trinajstić information content (AvgIpc) is 3.34. The van der Waals surface area contributed by atoms with Crippen molar-refractivity contribution >= 4 is 12.2 Å². The van der Waals surface area contributed by atoms with Crippen molar-refractivity contribution in [3.63, 3.8) is 0 Å². The fourth-order valence-corrected chi connectivity index (χ4v) is 6.60. The molecule has 2 heterocycles. The van der Waals surface area contributed by atoms with Gasteiger partial charge in [0.05, 0.1) is 0 Å². The molecule has 1 nitrogen and oxygen atoms in total. The Bertz CT molecular complexity index is 1710. The molecule has 48 heavy (non-hydrogen) atoms. The minimum Gasteiger partial charge on any atom is -0.358 e. The number of nitrogens with one attached hydrogen (secondary N) is 1. The van der Waals surface area contributed by atoms with Gasteiger partial charge in [-0.05, 0) is 119 Å². The van der Waals surface area contributed by atoms with Crippen LogP contribution in [0.2, 0.25) is 0 Å². The highest BCUT2D eigenvalue weighted by atomic mass is 14.7. The fraction of sp³-hybridized carbons (Fsp3) is 0.404. The van der Waals surface area contributed by atoms with Crippen LogP contribution in [-0.2, 0) is 6.42 Å². The van der Waals surface area contributed by atoms with Crippen LogP contribution >= 0.6 is 0 Å². The molecule has 1 aromatic rings. The zero-order valence-electron chi connectivity index (χ0n) is 31.9. The summed E-state index contributed by atoms with van der Waals surface area (Å²) in [4.78, 5) is 3.79. The van der Waals surface area contributed by atoms with Gasteiger partial charge >= 0.3 is 0 Å². The van der Waals surface area contributed by atoms with Crippen molar-refractivity contribution in [3.05, 3.63) is 129 Å². The van der Waals surface area contributed by atoms with Gasteiger partial charge in [-0.1, -0.05) is 131 Å². The van der Waals surface area contributed by atoms with Crippen LogP contribution in [0.3, 0.4) is 0 Å². The molecule has 0 amide bonds. The summed E-state index contributed by atoms with van der Waals surface area (Å²) in [6, 6.07) is 0. The van der Waals surface area contributed by atoms with Crippen molar-refractivity contribution in [3.8, 4) is 24.2 Å². The van der Waals surface area contributed by atoms with Crippen molar-refractivity contribution in [1.82, 2.24) is 4.98 Å². The number of fused-ring (bicyclic) bond motifs is 2. The van der Waals surface area contributed by atoms with Crippen LogP contribution in [0.25, 0.3) is 12.2 Å². The fourth-order valence-electron chi connectivity index (χ4n) is 6.60. The highest BCUT2D eigenvalue weighted by Crippen LogP contribution is 2.34. The summed E-state index contributed by atoms with van der Waals surface area (Å²) in [5, 5.41) is 0. The van der Waals surface area contributed by atoms with Gasteiger partial charge in [0.1, 0.15) is 0 Å². The van der Waals surface area contributed by atoms with Gasteiger partial charge in [0, 0.05) is 34.0 Å². The van der Waals surface area contributed by atoms with Gasteiger partial charge in [-0.15, -0.1) is 6.42 Å². The van der Waals surface area contributed by atoms with Crippen molar-refractivity contribution in [1.29, 1.82) is 0 Å². The number of hydrogen-bond donors (Lipinski definition) is 1. The van der Waals surface area contributed by atoms with E-state index in [0.29, 0.717) is 11.5 Å². The largest absolute Gasteiger partial charge is 0.358 e. The Hall–Kier alpha value is -4.20. The summed E-state index contributed by atoms with van der Waals surface area (Å²) in [6.45, 7) is 43.5. The molecule has 0 saturated heterocycles. The molecule has 1 aliphatic rings. The van der Waals surface area contributed by atoms with Gasteiger partial charge in [-0.3, -0.25) is 0 Å². The summed E-state index contributed by atoms with van der Waals surface area (Å²) in [6.07, 6.45) is 20.2. The molecule has 1 aliphatic heterocycles. The third-order valence-corrected chi connectivity index (χ3v) is 10.0. The summed E-state index contributed by atoms with van der Waals surface area (Å²) in [5.74, 6) is 10.4. The van der Waals surface area contributed by atoms with Crippen LogP contribution in [0.5, 0.6) is 0 Å². The minimum absolute atomic E-state index is 0.0346. The van der Waals surface area contributed by atoms with E-state index in [4.69, 9.17) is 6.42 Å². The number of allylic oxidation sites excluding steroid dienone is 13. The van der Waals surface area contributed by atoms with Gasteiger partial charge in [0.2, 0.25) is 0 Å². The number of hydrogen-bond acceptors (Lipinski definition) is 0. The molecule has 1 heteroatoms. The Morgan fingerprint density at radius 1 is 1.06 bits per heavy atom. The summed E-state index contributed by atoms with van der Waals surface area (Å²) >= 11 is 0. The average molecular weight is 640 g/mol. The molecule has 0 aromatic carbocycles. The second-order valence-corrected chi connectivity index (χ2v) is 14.0. The standard InChI is InChI=1S/C47H61N/c1-17-21-44-36(12)26-32(8)27-41(25-22-31(7)18-2)37(13)33(9)23-24-34(10)42(19-3)39(15)45(30(5)6)29-47-43(20-4)40(16)46(48-47)28-35(11)38(44)14/h3,18,20,26,29-30,33,35,48H,2,4,7,10,12,17,21-22,25,27-28H2,1,5-6,8-9,11,13-16H3/b32-26+,41-37-,42-39-,44-38-,45-29+. The van der Waals surface area contributed by atoms with E-state index in [1.54, 1.807) is 0 Å². The topological polar surface area (TPSA) is 15.8 Å². The number of H-pyrrole nitrogens is 1. The first-order valence-corrected chi connectivity index (χ1v) is 17.6. The second-order valence-electron chi connectivity index (χ2n) is 14.0. The van der Waals surface area contributed by atoms with E-state index in [0.717, 1.165) is 77.6 Å². The second kappa shape index (κ2) is 18.4. The number of rotatable bonds is 8. The van der Waals surface area contributed by atoms with E-state index >= 15 is 0 Å². The van der Waals surface area contributed by atoms with E-state index in [1.165, 1.54) is 39.1 Å². The Labute approximate surface area is 294 Å². The van der Waals surface area contributed by atoms with Crippen LogP contribution < -0.4 is 0 Å². The quantitative estimate of drug-likeness (QED) is 0.165. The molecule has 1 aromatic heterocycles. The summed E-state index contributed by atoms with van der Waals surface area (Å²) in [7, 11) is 0. The summed E-state index contributed by atoms with van der Waals surface area (Å²) < 4.78 is 0. The van der Waals surface area contributed by atoms with Crippen LogP contribution in [0.15, 0.2) is 106 Å². The monoisotopic (exact) mass is 639 g/mol. The molecule has 254 valence electrons. The molecule has 0 aliphatic carbocycles. The molecule has 0 fully saturated rings.